The fourth-order valence-electron chi connectivity index (χ4n) is 1.88. The molecule has 2 heterocycles. The zero-order valence-electron chi connectivity index (χ0n) is 11.5. The smallest absolute Gasteiger partial charge is 0.288 e. The van der Waals surface area contributed by atoms with Gasteiger partial charge in [0.25, 0.3) is 5.24 Å². The number of nitrogens with zero attached hydrogens (tertiary/aromatic N) is 2. The molecule has 9 heteroatoms. The summed E-state index contributed by atoms with van der Waals surface area (Å²) in [6.07, 6.45) is 2.10. The standard InChI is InChI=1S/C13H14BrN3O4S/c14-9-6-15-2-1-8(9)5-10(18)12(20)16-3-4-17-11(19)7-22-13(17)21/h1-2,6,10,18H,3-5,7H2,(H,16,20). The molecule has 1 aromatic heterocycles. The van der Waals surface area contributed by atoms with E-state index in [-0.39, 0.29) is 36.4 Å². The number of carbonyl (C=O) groups is 3. The second kappa shape index (κ2) is 7.70. The molecular formula is C13H14BrN3O4S. The lowest BCUT2D eigenvalue weighted by Crippen LogP contribution is -2.41. The Morgan fingerprint density at radius 1 is 1.55 bits per heavy atom. The summed E-state index contributed by atoms with van der Waals surface area (Å²) in [5.74, 6) is -0.660. The molecule has 0 bridgehead atoms. The monoisotopic (exact) mass is 387 g/mol. The highest BCUT2D eigenvalue weighted by molar-refractivity contribution is 9.10. The van der Waals surface area contributed by atoms with Gasteiger partial charge < -0.3 is 10.4 Å². The number of pyridine rings is 1. The lowest BCUT2D eigenvalue weighted by Gasteiger charge is -2.15. The molecule has 1 fully saturated rings. The van der Waals surface area contributed by atoms with Crippen LogP contribution in [0.4, 0.5) is 4.79 Å². The summed E-state index contributed by atoms with van der Waals surface area (Å²) in [5, 5.41) is 12.1. The van der Waals surface area contributed by atoms with E-state index in [1.165, 1.54) is 0 Å². The maximum absolute atomic E-state index is 11.8. The minimum absolute atomic E-state index is 0.113. The maximum Gasteiger partial charge on any atom is 0.288 e. The first kappa shape index (κ1) is 16.9. The van der Waals surface area contributed by atoms with Crippen LogP contribution in [0.25, 0.3) is 0 Å². The molecule has 2 N–H and O–H groups in total. The Morgan fingerprint density at radius 2 is 2.32 bits per heavy atom. The van der Waals surface area contributed by atoms with Crippen LogP contribution in [-0.2, 0) is 16.0 Å². The number of rotatable bonds is 6. The number of halogens is 1. The van der Waals surface area contributed by atoms with Crippen LogP contribution < -0.4 is 5.32 Å². The number of thioether (sulfide) groups is 1. The Kier molecular flexibility index (Phi) is 5.92. The first-order chi connectivity index (χ1) is 10.5. The van der Waals surface area contributed by atoms with Crippen molar-refractivity contribution >= 4 is 44.7 Å². The first-order valence-electron chi connectivity index (χ1n) is 6.50. The van der Waals surface area contributed by atoms with Gasteiger partial charge in [-0.25, -0.2) is 0 Å². The molecule has 0 aliphatic carbocycles. The maximum atomic E-state index is 11.8. The molecular weight excluding hydrogens is 374 g/mol. The van der Waals surface area contributed by atoms with Crippen molar-refractivity contribution in [3.8, 4) is 0 Å². The highest BCUT2D eigenvalue weighted by Crippen LogP contribution is 2.18. The molecule has 1 aliphatic rings. The zero-order chi connectivity index (χ0) is 16.1. The van der Waals surface area contributed by atoms with Crippen molar-refractivity contribution in [1.82, 2.24) is 15.2 Å². The van der Waals surface area contributed by atoms with Crippen LogP contribution in [0.15, 0.2) is 22.9 Å². The van der Waals surface area contributed by atoms with Crippen molar-refractivity contribution in [1.29, 1.82) is 0 Å². The molecule has 0 saturated carbocycles. The predicted molar refractivity (Wildman–Crippen MR) is 84.2 cm³/mol. The topological polar surface area (TPSA) is 99.6 Å². The number of nitrogens with one attached hydrogen (secondary N) is 1. The minimum Gasteiger partial charge on any atom is -0.383 e. The summed E-state index contributed by atoms with van der Waals surface area (Å²) in [6.45, 7) is 0.230. The van der Waals surface area contributed by atoms with Gasteiger partial charge in [0.05, 0.1) is 5.75 Å². The van der Waals surface area contributed by atoms with Crippen LogP contribution in [0, 0.1) is 0 Å². The van der Waals surface area contributed by atoms with Gasteiger partial charge in [0, 0.05) is 36.4 Å². The second-order valence-corrected chi connectivity index (χ2v) is 6.36. The van der Waals surface area contributed by atoms with Gasteiger partial charge >= 0.3 is 0 Å². The largest absolute Gasteiger partial charge is 0.383 e. The van der Waals surface area contributed by atoms with E-state index in [1.54, 1.807) is 18.5 Å². The summed E-state index contributed by atoms with van der Waals surface area (Å²) >= 11 is 4.24. The number of hydrogen-bond donors (Lipinski definition) is 2. The Labute approximate surface area is 139 Å². The van der Waals surface area contributed by atoms with Gasteiger partial charge in [0.15, 0.2) is 0 Å². The highest BCUT2D eigenvalue weighted by atomic mass is 79.9. The van der Waals surface area contributed by atoms with E-state index >= 15 is 0 Å². The summed E-state index contributed by atoms with van der Waals surface area (Å²) < 4.78 is 0.715. The van der Waals surface area contributed by atoms with Crippen LogP contribution in [-0.4, -0.2) is 57.0 Å². The minimum atomic E-state index is -1.21. The van der Waals surface area contributed by atoms with Crippen LogP contribution >= 0.6 is 27.7 Å². The van der Waals surface area contributed by atoms with Gasteiger partial charge in [-0.2, -0.15) is 0 Å². The van der Waals surface area contributed by atoms with E-state index in [0.29, 0.717) is 4.47 Å². The van der Waals surface area contributed by atoms with Gasteiger partial charge in [0.1, 0.15) is 6.10 Å². The molecule has 22 heavy (non-hydrogen) atoms. The number of carbonyl (C=O) groups excluding carboxylic acids is 3. The van der Waals surface area contributed by atoms with Crippen molar-refractivity contribution in [2.75, 3.05) is 18.8 Å². The van der Waals surface area contributed by atoms with Gasteiger partial charge in [-0.05, 0) is 27.6 Å². The third-order valence-electron chi connectivity index (χ3n) is 3.05. The van der Waals surface area contributed by atoms with E-state index in [0.717, 1.165) is 22.2 Å². The van der Waals surface area contributed by atoms with E-state index in [1.807, 2.05) is 0 Å². The molecule has 7 nitrogen and oxygen atoms in total. The molecule has 0 spiro atoms. The van der Waals surface area contributed by atoms with Crippen molar-refractivity contribution in [2.45, 2.75) is 12.5 Å². The van der Waals surface area contributed by atoms with E-state index in [9.17, 15) is 19.5 Å². The third kappa shape index (κ3) is 4.28. The summed E-state index contributed by atoms with van der Waals surface area (Å²) in [4.78, 5) is 39.6. The molecule has 1 atom stereocenters. The van der Waals surface area contributed by atoms with Crippen molar-refractivity contribution in [3.05, 3.63) is 28.5 Å². The molecule has 3 amide bonds. The van der Waals surface area contributed by atoms with E-state index < -0.39 is 12.0 Å². The molecule has 0 radical (unpaired) electrons. The zero-order valence-corrected chi connectivity index (χ0v) is 13.9. The van der Waals surface area contributed by atoms with Crippen molar-refractivity contribution < 1.29 is 19.5 Å². The van der Waals surface area contributed by atoms with E-state index in [2.05, 4.69) is 26.2 Å². The second-order valence-electron chi connectivity index (χ2n) is 4.58. The summed E-state index contributed by atoms with van der Waals surface area (Å²) in [5.41, 5.74) is 0.763. The van der Waals surface area contributed by atoms with Crippen LogP contribution in [0.1, 0.15) is 5.56 Å². The van der Waals surface area contributed by atoms with Gasteiger partial charge in [-0.15, -0.1) is 0 Å². The lowest BCUT2D eigenvalue weighted by molar-refractivity contribution is -0.130. The Hall–Kier alpha value is -1.45. The first-order valence-corrected chi connectivity index (χ1v) is 8.28. The number of imide groups is 1. The molecule has 0 aromatic carbocycles. The van der Waals surface area contributed by atoms with Crippen molar-refractivity contribution in [2.24, 2.45) is 0 Å². The fraction of sp³-hybridized carbons (Fsp3) is 0.385. The van der Waals surface area contributed by atoms with Gasteiger partial charge in [-0.3, -0.25) is 24.3 Å². The molecule has 1 aromatic rings. The fourth-order valence-corrected chi connectivity index (χ4v) is 3.04. The molecule has 1 saturated heterocycles. The number of amides is 3. The number of aliphatic hydroxyl groups is 1. The predicted octanol–water partition coefficient (Wildman–Crippen LogP) is 0.559. The average molecular weight is 388 g/mol. The van der Waals surface area contributed by atoms with Gasteiger partial charge in [0.2, 0.25) is 11.8 Å². The Bertz CT molecular complexity index is 582. The normalized spacial score (nSPS) is 16.0. The Balaban J connectivity index is 1.78. The quantitative estimate of drug-likeness (QED) is 0.739. The summed E-state index contributed by atoms with van der Waals surface area (Å²) in [7, 11) is 0. The molecule has 1 unspecified atom stereocenters. The SMILES string of the molecule is O=C(NCCN1C(=O)CSC1=O)C(O)Cc1ccncc1Br. The molecule has 118 valence electrons. The number of hydrogen-bond acceptors (Lipinski definition) is 6. The van der Waals surface area contributed by atoms with Crippen LogP contribution in [0.5, 0.6) is 0 Å². The van der Waals surface area contributed by atoms with Crippen LogP contribution in [0.3, 0.4) is 0 Å². The lowest BCUT2D eigenvalue weighted by atomic mass is 10.1. The van der Waals surface area contributed by atoms with E-state index in [4.69, 9.17) is 0 Å². The average Bonchev–Trinajstić information content (AvgIpc) is 2.81. The summed E-state index contributed by atoms with van der Waals surface area (Å²) in [6, 6.07) is 1.71. The number of aromatic nitrogens is 1. The molecule has 2 rings (SSSR count). The van der Waals surface area contributed by atoms with Gasteiger partial charge in [-0.1, -0.05) is 11.8 Å². The number of aliphatic hydroxyl groups excluding tert-OH is 1. The van der Waals surface area contributed by atoms with Crippen LogP contribution in [0.2, 0.25) is 0 Å². The third-order valence-corrected chi connectivity index (χ3v) is 4.62. The Morgan fingerprint density at radius 3 is 2.95 bits per heavy atom. The highest BCUT2D eigenvalue weighted by Gasteiger charge is 2.29. The molecule has 1 aliphatic heterocycles. The van der Waals surface area contributed by atoms with Crippen molar-refractivity contribution in [3.63, 3.8) is 0 Å².